The molecule has 2 N–H and O–H groups in total. The fraction of sp³-hybridized carbons (Fsp3) is 0.550. The number of amides is 3. The van der Waals surface area contributed by atoms with Crippen molar-refractivity contribution in [1.29, 1.82) is 0 Å². The number of nitrogens with zero attached hydrogens (tertiary/aromatic N) is 5. The Hall–Kier alpha value is -2.97. The molecule has 0 bridgehead atoms. The van der Waals surface area contributed by atoms with Crippen molar-refractivity contribution in [3.63, 3.8) is 0 Å². The van der Waals surface area contributed by atoms with Crippen molar-refractivity contribution in [1.82, 2.24) is 30.8 Å². The zero-order chi connectivity index (χ0) is 21.0. The van der Waals surface area contributed by atoms with Gasteiger partial charge in [0.15, 0.2) is 5.82 Å². The SMILES string of the molecule is CC(NC(=O)NCc1nnn(C(C)(C)C)n1)c1ccc(N2CCCCC2=O)cc1. The first kappa shape index (κ1) is 20.8. The lowest BCUT2D eigenvalue weighted by atomic mass is 10.1. The van der Waals surface area contributed by atoms with Gasteiger partial charge in [0, 0.05) is 18.7 Å². The Balaban J connectivity index is 1.51. The van der Waals surface area contributed by atoms with Gasteiger partial charge in [0.1, 0.15) is 0 Å². The molecule has 2 aromatic rings. The summed E-state index contributed by atoms with van der Waals surface area (Å²) in [4.78, 5) is 27.6. The molecule has 0 spiro atoms. The van der Waals surface area contributed by atoms with E-state index in [1.165, 1.54) is 4.80 Å². The molecule has 1 fully saturated rings. The summed E-state index contributed by atoms with van der Waals surface area (Å²) < 4.78 is 0. The molecule has 3 rings (SSSR count). The van der Waals surface area contributed by atoms with E-state index < -0.39 is 0 Å². The van der Waals surface area contributed by atoms with E-state index in [1.54, 1.807) is 0 Å². The highest BCUT2D eigenvalue weighted by Crippen LogP contribution is 2.23. The molecule has 0 saturated carbocycles. The normalized spacial score (nSPS) is 15.9. The van der Waals surface area contributed by atoms with Crippen LogP contribution in [0.25, 0.3) is 0 Å². The van der Waals surface area contributed by atoms with Gasteiger partial charge in [-0.2, -0.15) is 4.80 Å². The van der Waals surface area contributed by atoms with Crippen molar-refractivity contribution in [2.75, 3.05) is 11.4 Å². The Kier molecular flexibility index (Phi) is 6.14. The minimum Gasteiger partial charge on any atom is -0.332 e. The Bertz CT molecular complexity index is 854. The van der Waals surface area contributed by atoms with Crippen LogP contribution in [0, 0.1) is 0 Å². The maximum absolute atomic E-state index is 12.2. The number of rotatable bonds is 5. The lowest BCUT2D eigenvalue weighted by molar-refractivity contribution is -0.119. The van der Waals surface area contributed by atoms with Crippen LogP contribution in [0.15, 0.2) is 24.3 Å². The molecule has 9 nitrogen and oxygen atoms in total. The van der Waals surface area contributed by atoms with Crippen molar-refractivity contribution in [2.45, 2.75) is 65.1 Å². The van der Waals surface area contributed by atoms with Crippen molar-refractivity contribution in [3.05, 3.63) is 35.7 Å². The number of benzene rings is 1. The van der Waals surface area contributed by atoms with Gasteiger partial charge in [0.25, 0.3) is 0 Å². The Morgan fingerprint density at radius 2 is 1.93 bits per heavy atom. The zero-order valence-corrected chi connectivity index (χ0v) is 17.5. The summed E-state index contributed by atoms with van der Waals surface area (Å²) in [5, 5.41) is 17.9. The second-order valence-electron chi connectivity index (χ2n) is 8.31. The fourth-order valence-electron chi connectivity index (χ4n) is 3.11. The molecular weight excluding hydrogens is 370 g/mol. The lowest BCUT2D eigenvalue weighted by Gasteiger charge is -2.27. The van der Waals surface area contributed by atoms with Crippen LogP contribution in [-0.2, 0) is 16.9 Å². The first-order valence-corrected chi connectivity index (χ1v) is 9.98. The summed E-state index contributed by atoms with van der Waals surface area (Å²) >= 11 is 0. The molecule has 0 aliphatic carbocycles. The highest BCUT2D eigenvalue weighted by atomic mass is 16.2. The van der Waals surface area contributed by atoms with Gasteiger partial charge in [-0.05, 0) is 63.4 Å². The summed E-state index contributed by atoms with van der Waals surface area (Å²) in [7, 11) is 0. The van der Waals surface area contributed by atoms with Gasteiger partial charge in [-0.1, -0.05) is 12.1 Å². The summed E-state index contributed by atoms with van der Waals surface area (Å²) in [5.41, 5.74) is 1.61. The van der Waals surface area contributed by atoms with Crippen molar-refractivity contribution in [3.8, 4) is 0 Å². The second kappa shape index (κ2) is 8.59. The van der Waals surface area contributed by atoms with E-state index in [1.807, 2.05) is 56.9 Å². The van der Waals surface area contributed by atoms with E-state index in [4.69, 9.17) is 0 Å². The Morgan fingerprint density at radius 1 is 1.21 bits per heavy atom. The smallest absolute Gasteiger partial charge is 0.315 e. The van der Waals surface area contributed by atoms with Crippen LogP contribution in [0.4, 0.5) is 10.5 Å². The summed E-state index contributed by atoms with van der Waals surface area (Å²) in [6.07, 6.45) is 2.60. The number of hydrogen-bond acceptors (Lipinski definition) is 5. The number of urea groups is 1. The number of piperidine rings is 1. The van der Waals surface area contributed by atoms with Gasteiger partial charge >= 0.3 is 6.03 Å². The summed E-state index contributed by atoms with van der Waals surface area (Å²) in [6, 6.07) is 7.27. The lowest BCUT2D eigenvalue weighted by Crippen LogP contribution is -2.37. The maximum atomic E-state index is 12.2. The molecule has 1 aliphatic rings. The molecule has 9 heteroatoms. The first-order valence-electron chi connectivity index (χ1n) is 9.98. The fourth-order valence-corrected chi connectivity index (χ4v) is 3.11. The van der Waals surface area contributed by atoms with E-state index in [9.17, 15) is 9.59 Å². The number of carbonyl (C=O) groups excluding carboxylic acids is 2. The zero-order valence-electron chi connectivity index (χ0n) is 17.5. The van der Waals surface area contributed by atoms with Gasteiger partial charge in [0.05, 0.1) is 18.1 Å². The van der Waals surface area contributed by atoms with Crippen LogP contribution < -0.4 is 15.5 Å². The van der Waals surface area contributed by atoms with Crippen LogP contribution in [0.3, 0.4) is 0 Å². The van der Waals surface area contributed by atoms with Gasteiger partial charge in [-0.15, -0.1) is 10.2 Å². The molecule has 1 atom stereocenters. The van der Waals surface area contributed by atoms with Gasteiger partial charge < -0.3 is 15.5 Å². The van der Waals surface area contributed by atoms with Crippen LogP contribution in [0.1, 0.15) is 64.4 Å². The third-order valence-electron chi connectivity index (χ3n) is 4.84. The molecule has 1 aliphatic heterocycles. The number of tetrazole rings is 1. The molecule has 1 aromatic heterocycles. The van der Waals surface area contributed by atoms with E-state index in [0.717, 1.165) is 30.6 Å². The maximum Gasteiger partial charge on any atom is 0.315 e. The van der Waals surface area contributed by atoms with E-state index in [0.29, 0.717) is 12.2 Å². The minimum atomic E-state index is -0.306. The van der Waals surface area contributed by atoms with Gasteiger partial charge in [-0.3, -0.25) is 4.79 Å². The van der Waals surface area contributed by atoms with E-state index in [-0.39, 0.29) is 30.1 Å². The quantitative estimate of drug-likeness (QED) is 0.804. The Morgan fingerprint density at radius 3 is 2.55 bits per heavy atom. The molecule has 1 aromatic carbocycles. The number of anilines is 1. The Labute approximate surface area is 170 Å². The molecule has 2 heterocycles. The predicted octanol–water partition coefficient (Wildman–Crippen LogP) is 2.51. The largest absolute Gasteiger partial charge is 0.332 e. The standard InChI is InChI=1S/C20H29N7O2/c1-14(15-8-10-16(11-9-15)26-12-6-5-7-18(26)28)22-19(29)21-13-17-23-25-27(24-17)20(2,3)4/h8-11,14H,5-7,12-13H2,1-4H3,(H2,21,22,29). The average molecular weight is 399 g/mol. The molecule has 156 valence electrons. The number of nitrogens with one attached hydrogen (secondary N) is 2. The third-order valence-corrected chi connectivity index (χ3v) is 4.84. The average Bonchev–Trinajstić information content (AvgIpc) is 3.16. The number of aromatic nitrogens is 4. The summed E-state index contributed by atoms with van der Waals surface area (Å²) in [6.45, 7) is 8.81. The highest BCUT2D eigenvalue weighted by Gasteiger charge is 2.20. The van der Waals surface area contributed by atoms with E-state index >= 15 is 0 Å². The van der Waals surface area contributed by atoms with Crippen molar-refractivity contribution in [2.24, 2.45) is 0 Å². The van der Waals surface area contributed by atoms with Crippen molar-refractivity contribution >= 4 is 17.6 Å². The second-order valence-corrected chi connectivity index (χ2v) is 8.31. The molecule has 0 radical (unpaired) electrons. The highest BCUT2D eigenvalue weighted by molar-refractivity contribution is 5.93. The van der Waals surface area contributed by atoms with E-state index in [2.05, 4.69) is 26.0 Å². The monoisotopic (exact) mass is 399 g/mol. The topological polar surface area (TPSA) is 105 Å². The molecule has 3 amide bonds. The third kappa shape index (κ3) is 5.30. The predicted molar refractivity (Wildman–Crippen MR) is 109 cm³/mol. The number of hydrogen-bond donors (Lipinski definition) is 2. The number of carbonyl (C=O) groups is 2. The minimum absolute atomic E-state index is 0.173. The van der Waals surface area contributed by atoms with Gasteiger partial charge in [0.2, 0.25) is 5.91 Å². The van der Waals surface area contributed by atoms with Crippen LogP contribution in [0.2, 0.25) is 0 Å². The molecule has 29 heavy (non-hydrogen) atoms. The van der Waals surface area contributed by atoms with Gasteiger partial charge in [-0.25, -0.2) is 4.79 Å². The van der Waals surface area contributed by atoms with Crippen LogP contribution >= 0.6 is 0 Å². The first-order chi connectivity index (χ1) is 13.7. The summed E-state index contributed by atoms with van der Waals surface area (Å²) in [5.74, 6) is 0.629. The molecule has 1 saturated heterocycles. The molecular formula is C20H29N7O2. The van der Waals surface area contributed by atoms with Crippen LogP contribution in [0.5, 0.6) is 0 Å². The molecule has 1 unspecified atom stereocenters. The van der Waals surface area contributed by atoms with Crippen molar-refractivity contribution < 1.29 is 9.59 Å². The van der Waals surface area contributed by atoms with Crippen LogP contribution in [-0.4, -0.2) is 38.7 Å².